The van der Waals surface area contributed by atoms with Crippen molar-refractivity contribution in [2.75, 3.05) is 19.6 Å². The lowest BCUT2D eigenvalue weighted by molar-refractivity contribution is 0.320. The van der Waals surface area contributed by atoms with Gasteiger partial charge in [0.05, 0.1) is 29.0 Å². The molecule has 8 nitrogen and oxygen atoms in total. The van der Waals surface area contributed by atoms with E-state index in [1.807, 2.05) is 12.1 Å². The van der Waals surface area contributed by atoms with Crippen LogP contribution in [0.5, 0.6) is 0 Å². The summed E-state index contributed by atoms with van der Waals surface area (Å²) < 4.78 is 6.16. The van der Waals surface area contributed by atoms with E-state index in [0.717, 1.165) is 73.0 Å². The fourth-order valence-corrected chi connectivity index (χ4v) is 5.53. The molecule has 0 atom stereocenters. The van der Waals surface area contributed by atoms with Crippen molar-refractivity contribution in [2.24, 2.45) is 0 Å². The maximum Gasteiger partial charge on any atom is 0.261 e. The fourth-order valence-electron chi connectivity index (χ4n) is 5.53. The van der Waals surface area contributed by atoms with Gasteiger partial charge in [0.1, 0.15) is 17.2 Å². The van der Waals surface area contributed by atoms with Crippen molar-refractivity contribution >= 4 is 10.9 Å². The summed E-state index contributed by atoms with van der Waals surface area (Å²) in [4.78, 5) is 25.4. The minimum absolute atomic E-state index is 0.0340. The Balaban J connectivity index is 1.30. The van der Waals surface area contributed by atoms with E-state index in [1.54, 1.807) is 10.9 Å². The van der Waals surface area contributed by atoms with Gasteiger partial charge in [-0.2, -0.15) is 5.10 Å². The fraction of sp³-hybridized carbons (Fsp3) is 0.462. The van der Waals surface area contributed by atoms with Crippen LogP contribution in [0.15, 0.2) is 41.6 Å². The zero-order valence-corrected chi connectivity index (χ0v) is 19.4. The summed E-state index contributed by atoms with van der Waals surface area (Å²) in [5, 5.41) is 5.53. The normalized spacial score (nSPS) is 18.2. The van der Waals surface area contributed by atoms with Crippen molar-refractivity contribution in [3.63, 3.8) is 0 Å². The van der Waals surface area contributed by atoms with Gasteiger partial charge in [0.25, 0.3) is 5.56 Å². The van der Waals surface area contributed by atoms with Crippen molar-refractivity contribution < 1.29 is 0 Å². The molecule has 1 saturated carbocycles. The van der Waals surface area contributed by atoms with E-state index < -0.39 is 0 Å². The summed E-state index contributed by atoms with van der Waals surface area (Å²) in [6, 6.07) is 8.68. The Morgan fingerprint density at radius 1 is 1.00 bits per heavy atom. The van der Waals surface area contributed by atoms with Crippen LogP contribution in [-0.2, 0) is 19.5 Å². The van der Waals surface area contributed by atoms with E-state index in [2.05, 4.69) is 37.5 Å². The lowest BCUT2D eigenvalue weighted by Gasteiger charge is -2.15. The van der Waals surface area contributed by atoms with Gasteiger partial charge in [-0.1, -0.05) is 6.07 Å². The highest BCUT2D eigenvalue weighted by atomic mass is 16.1. The first-order valence-electron chi connectivity index (χ1n) is 12.6. The van der Waals surface area contributed by atoms with E-state index in [-0.39, 0.29) is 5.56 Å². The number of nitrogens with zero attached hydrogens (tertiary/aromatic N) is 7. The largest absolute Gasteiger partial charge is 0.327 e. The van der Waals surface area contributed by atoms with E-state index in [1.165, 1.54) is 25.7 Å². The highest BCUT2D eigenvalue weighted by molar-refractivity contribution is 5.86. The molecule has 3 aromatic heterocycles. The average molecular weight is 456 g/mol. The molecule has 2 fully saturated rings. The summed E-state index contributed by atoms with van der Waals surface area (Å²) >= 11 is 0. The Morgan fingerprint density at radius 2 is 1.88 bits per heavy atom. The molecule has 0 radical (unpaired) electrons. The Bertz CT molecular complexity index is 1440. The first-order chi connectivity index (χ1) is 16.7. The Labute approximate surface area is 197 Å². The van der Waals surface area contributed by atoms with Crippen molar-refractivity contribution in [1.82, 2.24) is 33.8 Å². The highest BCUT2D eigenvalue weighted by Crippen LogP contribution is 2.38. The van der Waals surface area contributed by atoms with Gasteiger partial charge in [0, 0.05) is 37.8 Å². The molecule has 0 bridgehead atoms. The number of benzene rings is 1. The molecular formula is C26H29N7O. The van der Waals surface area contributed by atoms with Gasteiger partial charge >= 0.3 is 0 Å². The second-order valence-corrected chi connectivity index (χ2v) is 9.92. The second kappa shape index (κ2) is 7.91. The third-order valence-corrected chi connectivity index (χ3v) is 7.55. The van der Waals surface area contributed by atoms with Crippen molar-refractivity contribution in [3.8, 4) is 22.6 Å². The van der Waals surface area contributed by atoms with Crippen LogP contribution in [0.2, 0.25) is 0 Å². The van der Waals surface area contributed by atoms with Gasteiger partial charge in [-0.3, -0.25) is 14.0 Å². The topological polar surface area (TPSA) is 73.8 Å². The van der Waals surface area contributed by atoms with Crippen molar-refractivity contribution in [1.29, 1.82) is 0 Å². The number of hydrogen-bond acceptors (Lipinski definition) is 5. The molecule has 8 heteroatoms. The number of aromatic nitrogens is 6. The summed E-state index contributed by atoms with van der Waals surface area (Å²) in [5.41, 5.74) is 4.70. The third kappa shape index (κ3) is 3.39. The van der Waals surface area contributed by atoms with E-state index in [0.29, 0.717) is 18.0 Å². The molecule has 4 aromatic rings. The Kier molecular flexibility index (Phi) is 4.68. The van der Waals surface area contributed by atoms with Crippen LogP contribution in [0.3, 0.4) is 0 Å². The van der Waals surface area contributed by atoms with Crippen LogP contribution < -0.4 is 5.56 Å². The molecule has 2 aliphatic heterocycles. The number of rotatable bonds is 6. The molecule has 7 rings (SSSR count). The Hall–Kier alpha value is -3.26. The van der Waals surface area contributed by atoms with E-state index in [4.69, 9.17) is 10.1 Å². The molecule has 34 heavy (non-hydrogen) atoms. The molecule has 174 valence electrons. The summed E-state index contributed by atoms with van der Waals surface area (Å²) in [6.07, 6.45) is 10.8. The lowest BCUT2D eigenvalue weighted by Crippen LogP contribution is -2.29. The number of hydrogen-bond donors (Lipinski definition) is 0. The zero-order valence-electron chi connectivity index (χ0n) is 19.4. The molecule has 5 heterocycles. The van der Waals surface area contributed by atoms with Gasteiger partial charge in [0.2, 0.25) is 0 Å². The van der Waals surface area contributed by atoms with Gasteiger partial charge in [-0.25, -0.2) is 9.97 Å². The molecule has 0 N–H and O–H groups in total. The lowest BCUT2D eigenvalue weighted by atomic mass is 10.1. The maximum atomic E-state index is 13.4. The zero-order chi connectivity index (χ0) is 22.6. The molecule has 3 aliphatic rings. The second-order valence-electron chi connectivity index (χ2n) is 9.92. The number of fused-ring (bicyclic) bond motifs is 2. The smallest absolute Gasteiger partial charge is 0.261 e. The third-order valence-electron chi connectivity index (χ3n) is 7.55. The van der Waals surface area contributed by atoms with E-state index >= 15 is 0 Å². The summed E-state index contributed by atoms with van der Waals surface area (Å²) in [7, 11) is 0. The van der Waals surface area contributed by atoms with Gasteiger partial charge in [0.15, 0.2) is 0 Å². The van der Waals surface area contributed by atoms with Crippen LogP contribution in [-0.4, -0.2) is 53.4 Å². The SMILES string of the molecule is O=c1c2cc(-c3c(-c4ccn(C5CC5)n4)nc4n3CCC4)ccc2ncn1CCN1CCCC1. The number of aryl methyl sites for hydroxylation is 1. The molecule has 0 spiro atoms. The predicted octanol–water partition coefficient (Wildman–Crippen LogP) is 3.50. The minimum Gasteiger partial charge on any atom is -0.327 e. The minimum atomic E-state index is 0.0340. The molecule has 1 aliphatic carbocycles. The molecular weight excluding hydrogens is 426 g/mol. The van der Waals surface area contributed by atoms with Crippen LogP contribution in [0.4, 0.5) is 0 Å². The van der Waals surface area contributed by atoms with E-state index in [9.17, 15) is 4.79 Å². The van der Waals surface area contributed by atoms with Crippen LogP contribution in [0, 0.1) is 0 Å². The highest BCUT2D eigenvalue weighted by Gasteiger charge is 2.28. The van der Waals surface area contributed by atoms with Gasteiger partial charge in [-0.05, 0) is 63.4 Å². The van der Waals surface area contributed by atoms with Gasteiger partial charge < -0.3 is 9.47 Å². The van der Waals surface area contributed by atoms with Crippen molar-refractivity contribution in [2.45, 2.75) is 57.7 Å². The molecule has 0 amide bonds. The quantitative estimate of drug-likeness (QED) is 0.445. The average Bonchev–Trinajstić information content (AvgIpc) is 3.27. The van der Waals surface area contributed by atoms with Crippen LogP contribution in [0.1, 0.15) is 44.0 Å². The first-order valence-corrected chi connectivity index (χ1v) is 12.6. The number of likely N-dealkylation sites (tertiary alicyclic amines) is 1. The Morgan fingerprint density at radius 3 is 2.74 bits per heavy atom. The molecule has 1 aromatic carbocycles. The summed E-state index contributed by atoms with van der Waals surface area (Å²) in [6.45, 7) is 4.79. The van der Waals surface area contributed by atoms with Gasteiger partial charge in [-0.15, -0.1) is 0 Å². The van der Waals surface area contributed by atoms with Crippen molar-refractivity contribution in [3.05, 3.63) is 53.0 Å². The molecule has 1 saturated heterocycles. The van der Waals surface area contributed by atoms with Crippen LogP contribution in [0.25, 0.3) is 33.5 Å². The molecule has 0 unspecified atom stereocenters. The predicted molar refractivity (Wildman–Crippen MR) is 131 cm³/mol. The maximum absolute atomic E-state index is 13.4. The number of imidazole rings is 1. The monoisotopic (exact) mass is 455 g/mol. The van der Waals surface area contributed by atoms with Crippen LogP contribution >= 0.6 is 0 Å². The standard InChI is InChI=1S/C26H29N7O/c34-26-20-16-18(5-8-21(20)27-17-31(26)15-14-30-10-1-2-11-30)25-24(28-23-4-3-12-32(23)25)22-9-13-33(29-22)19-6-7-19/h5,8-9,13,16-17,19H,1-4,6-7,10-12,14-15H2. The first kappa shape index (κ1) is 20.1. The summed E-state index contributed by atoms with van der Waals surface area (Å²) in [5.74, 6) is 1.11.